The van der Waals surface area contributed by atoms with Crippen LogP contribution in [0.3, 0.4) is 0 Å². The van der Waals surface area contributed by atoms with Crippen LogP contribution in [0.4, 0.5) is 10.1 Å². The zero-order chi connectivity index (χ0) is 15.6. The summed E-state index contributed by atoms with van der Waals surface area (Å²) in [5.41, 5.74) is 5.64. The van der Waals surface area contributed by atoms with Gasteiger partial charge in [-0.3, -0.25) is 0 Å². The van der Waals surface area contributed by atoms with Gasteiger partial charge in [-0.15, -0.1) is 0 Å². The lowest BCUT2D eigenvalue weighted by atomic mass is 10.2. The van der Waals surface area contributed by atoms with Crippen molar-refractivity contribution in [3.63, 3.8) is 0 Å². The fourth-order valence-corrected chi connectivity index (χ4v) is 3.35. The van der Waals surface area contributed by atoms with Gasteiger partial charge in [0.15, 0.2) is 0 Å². The van der Waals surface area contributed by atoms with Crippen LogP contribution in [0.2, 0.25) is 0 Å². The highest BCUT2D eigenvalue weighted by atomic mass is 32.2. The molecule has 1 aliphatic carbocycles. The van der Waals surface area contributed by atoms with Crippen LogP contribution < -0.4 is 5.73 Å². The number of nitrogen functional groups attached to an aromatic ring is 1. The van der Waals surface area contributed by atoms with Gasteiger partial charge in [0.1, 0.15) is 5.82 Å². The molecule has 118 valence electrons. The Morgan fingerprint density at radius 1 is 1.43 bits per heavy atom. The summed E-state index contributed by atoms with van der Waals surface area (Å²) in [7, 11) is -2.21. The minimum Gasteiger partial charge on any atom is -0.396 e. The topological polar surface area (TPSA) is 72.6 Å². The number of likely N-dealkylation sites (N-methyl/N-ethyl adjacent to an activating group) is 1. The molecule has 1 aliphatic rings. The number of sulfonamides is 1. The van der Waals surface area contributed by atoms with Gasteiger partial charge in [-0.1, -0.05) is 0 Å². The molecule has 0 amide bonds. The van der Waals surface area contributed by atoms with Crippen LogP contribution in [-0.2, 0) is 14.8 Å². The summed E-state index contributed by atoms with van der Waals surface area (Å²) in [5.74, 6) is 0.0351. The van der Waals surface area contributed by atoms with Crippen molar-refractivity contribution in [1.82, 2.24) is 4.31 Å². The smallest absolute Gasteiger partial charge is 0.243 e. The van der Waals surface area contributed by atoms with Gasteiger partial charge in [0.25, 0.3) is 0 Å². The van der Waals surface area contributed by atoms with E-state index < -0.39 is 15.8 Å². The number of hydrogen-bond donors (Lipinski definition) is 1. The first-order valence-electron chi connectivity index (χ1n) is 6.92. The van der Waals surface area contributed by atoms with Crippen molar-refractivity contribution < 1.29 is 17.5 Å². The Labute approximate surface area is 124 Å². The van der Waals surface area contributed by atoms with Crippen molar-refractivity contribution in [3.05, 3.63) is 23.5 Å². The number of aryl methyl sites for hydroxylation is 1. The van der Waals surface area contributed by atoms with Crippen LogP contribution in [0.1, 0.15) is 18.4 Å². The second-order valence-electron chi connectivity index (χ2n) is 5.48. The lowest BCUT2D eigenvalue weighted by molar-refractivity contribution is 0.117. The van der Waals surface area contributed by atoms with E-state index in [4.69, 9.17) is 10.5 Å². The molecule has 1 saturated carbocycles. The number of benzene rings is 1. The van der Waals surface area contributed by atoms with E-state index in [1.807, 2.05) is 0 Å². The third kappa shape index (κ3) is 3.93. The maximum Gasteiger partial charge on any atom is 0.243 e. The van der Waals surface area contributed by atoms with Gasteiger partial charge in [-0.2, -0.15) is 4.31 Å². The van der Waals surface area contributed by atoms with Crippen LogP contribution in [0.5, 0.6) is 0 Å². The van der Waals surface area contributed by atoms with Crippen molar-refractivity contribution >= 4 is 15.7 Å². The average molecular weight is 316 g/mol. The quantitative estimate of drug-likeness (QED) is 0.614. The lowest BCUT2D eigenvalue weighted by Crippen LogP contribution is -2.31. The second kappa shape index (κ2) is 6.29. The van der Waals surface area contributed by atoms with Crippen LogP contribution in [0.25, 0.3) is 0 Å². The number of nitrogens with zero attached hydrogens (tertiary/aromatic N) is 1. The largest absolute Gasteiger partial charge is 0.396 e. The average Bonchev–Trinajstić information content (AvgIpc) is 3.22. The van der Waals surface area contributed by atoms with E-state index in [0.29, 0.717) is 24.7 Å². The fraction of sp³-hybridized carbons (Fsp3) is 0.571. The molecule has 0 aliphatic heterocycles. The molecule has 0 saturated heterocycles. The minimum atomic E-state index is -3.69. The molecule has 2 N–H and O–H groups in total. The highest BCUT2D eigenvalue weighted by Crippen LogP contribution is 2.28. The van der Waals surface area contributed by atoms with Crippen molar-refractivity contribution in [2.45, 2.75) is 24.7 Å². The zero-order valence-corrected chi connectivity index (χ0v) is 13.1. The predicted molar refractivity (Wildman–Crippen MR) is 78.9 cm³/mol. The molecule has 21 heavy (non-hydrogen) atoms. The van der Waals surface area contributed by atoms with Gasteiger partial charge < -0.3 is 10.5 Å². The molecule has 1 aromatic carbocycles. The molecule has 0 radical (unpaired) electrons. The van der Waals surface area contributed by atoms with Crippen molar-refractivity contribution in [2.75, 3.05) is 32.5 Å². The zero-order valence-electron chi connectivity index (χ0n) is 12.3. The maximum atomic E-state index is 13.3. The van der Waals surface area contributed by atoms with Gasteiger partial charge in [-0.25, -0.2) is 12.8 Å². The first kappa shape index (κ1) is 16.2. The molecular formula is C14H21FN2O3S. The third-order valence-corrected chi connectivity index (χ3v) is 5.58. The highest BCUT2D eigenvalue weighted by molar-refractivity contribution is 7.89. The Kier molecular flexibility index (Phi) is 4.85. The summed E-state index contributed by atoms with van der Waals surface area (Å²) in [6.07, 6.45) is 2.39. The number of rotatable bonds is 7. The summed E-state index contributed by atoms with van der Waals surface area (Å²) in [6.45, 7) is 2.84. The van der Waals surface area contributed by atoms with E-state index >= 15 is 0 Å². The SMILES string of the molecule is Cc1cc(F)c(N)cc1S(=O)(=O)N(C)CCOCC1CC1. The van der Waals surface area contributed by atoms with Crippen molar-refractivity contribution in [3.8, 4) is 0 Å². The summed E-state index contributed by atoms with van der Waals surface area (Å²) in [6, 6.07) is 2.31. The Hall–Kier alpha value is -1.18. The molecule has 0 unspecified atom stereocenters. The number of halogens is 1. The van der Waals surface area contributed by atoms with Crippen LogP contribution in [-0.4, -0.2) is 39.5 Å². The normalized spacial score (nSPS) is 15.6. The molecule has 2 rings (SSSR count). The lowest BCUT2D eigenvalue weighted by Gasteiger charge is -2.19. The number of ether oxygens (including phenoxy) is 1. The van der Waals surface area contributed by atoms with E-state index in [2.05, 4.69) is 0 Å². The van der Waals surface area contributed by atoms with Crippen molar-refractivity contribution in [2.24, 2.45) is 5.92 Å². The fourth-order valence-electron chi connectivity index (χ4n) is 1.96. The third-order valence-electron chi connectivity index (χ3n) is 3.58. The summed E-state index contributed by atoms with van der Waals surface area (Å²) >= 11 is 0. The van der Waals surface area contributed by atoms with Crippen LogP contribution >= 0.6 is 0 Å². The molecule has 0 bridgehead atoms. The predicted octanol–water partition coefficient (Wildman–Crippen LogP) is 1.76. The van der Waals surface area contributed by atoms with Gasteiger partial charge in [0.05, 0.1) is 17.2 Å². The molecule has 0 atom stereocenters. The maximum absolute atomic E-state index is 13.3. The molecule has 0 heterocycles. The highest BCUT2D eigenvalue weighted by Gasteiger charge is 2.25. The molecule has 0 spiro atoms. The molecule has 0 aromatic heterocycles. The first-order valence-corrected chi connectivity index (χ1v) is 8.36. The minimum absolute atomic E-state index is 0.0334. The van der Waals surface area contributed by atoms with Gasteiger partial charge in [0, 0.05) is 20.2 Å². The Morgan fingerprint density at radius 2 is 2.10 bits per heavy atom. The summed E-state index contributed by atoms with van der Waals surface area (Å²) in [4.78, 5) is 0.0334. The van der Waals surface area contributed by atoms with Gasteiger partial charge in [-0.05, 0) is 43.4 Å². The van der Waals surface area contributed by atoms with E-state index in [-0.39, 0.29) is 17.1 Å². The Balaban J connectivity index is 2.03. The number of nitrogens with two attached hydrogens (primary N) is 1. The second-order valence-corrected chi connectivity index (χ2v) is 7.50. The standard InChI is InChI=1S/C14H21FN2O3S/c1-10-7-12(15)13(16)8-14(10)21(18,19)17(2)5-6-20-9-11-3-4-11/h7-8,11H,3-6,9,16H2,1-2H3. The van der Waals surface area contributed by atoms with E-state index in [0.717, 1.165) is 6.07 Å². The molecular weight excluding hydrogens is 295 g/mol. The van der Waals surface area contributed by atoms with Gasteiger partial charge in [0.2, 0.25) is 10.0 Å². The number of hydrogen-bond acceptors (Lipinski definition) is 4. The Morgan fingerprint density at radius 3 is 2.71 bits per heavy atom. The molecule has 1 fully saturated rings. The summed E-state index contributed by atoms with van der Waals surface area (Å²) < 4.78 is 44.9. The van der Waals surface area contributed by atoms with Crippen molar-refractivity contribution in [1.29, 1.82) is 0 Å². The van der Waals surface area contributed by atoms with Crippen LogP contribution in [0.15, 0.2) is 17.0 Å². The first-order chi connectivity index (χ1) is 9.82. The Bertz CT molecular complexity index is 615. The summed E-state index contributed by atoms with van der Waals surface area (Å²) in [5, 5.41) is 0. The van der Waals surface area contributed by atoms with E-state index in [9.17, 15) is 12.8 Å². The monoisotopic (exact) mass is 316 g/mol. The van der Waals surface area contributed by atoms with Crippen LogP contribution in [0, 0.1) is 18.7 Å². The molecule has 5 nitrogen and oxygen atoms in total. The van der Waals surface area contributed by atoms with Gasteiger partial charge >= 0.3 is 0 Å². The molecule has 7 heteroatoms. The van der Waals surface area contributed by atoms with E-state index in [1.54, 1.807) is 6.92 Å². The van der Waals surface area contributed by atoms with E-state index in [1.165, 1.54) is 30.3 Å². The number of anilines is 1. The molecule has 1 aromatic rings.